The summed E-state index contributed by atoms with van der Waals surface area (Å²) in [6.07, 6.45) is 3.93. The summed E-state index contributed by atoms with van der Waals surface area (Å²) in [4.78, 5) is 12.9. The Hall–Kier alpha value is -3.55. The van der Waals surface area contributed by atoms with Crippen LogP contribution in [0.2, 0.25) is 0 Å². The van der Waals surface area contributed by atoms with Crippen molar-refractivity contribution in [3.63, 3.8) is 0 Å². The molecular weight excluding hydrogens is 414 g/mol. The topological polar surface area (TPSA) is 88.1 Å². The molecule has 0 radical (unpaired) electrons. The van der Waals surface area contributed by atoms with Gasteiger partial charge in [0.1, 0.15) is 11.8 Å². The monoisotopic (exact) mass is 441 g/mol. The van der Waals surface area contributed by atoms with Gasteiger partial charge in [-0.25, -0.2) is 15.0 Å². The van der Waals surface area contributed by atoms with Gasteiger partial charge in [0.15, 0.2) is 11.5 Å². The molecule has 7 nitrogen and oxygen atoms in total. The third-order valence-corrected chi connectivity index (χ3v) is 6.19. The van der Waals surface area contributed by atoms with Crippen molar-refractivity contribution in [2.45, 2.75) is 31.8 Å². The summed E-state index contributed by atoms with van der Waals surface area (Å²) in [6, 6.07) is 20.4. The van der Waals surface area contributed by atoms with Crippen LogP contribution in [0.4, 0.5) is 5.82 Å². The number of aromatic nitrogens is 4. The van der Waals surface area contributed by atoms with E-state index in [9.17, 15) is 0 Å². The lowest BCUT2D eigenvalue weighted by atomic mass is 10.1. The molecule has 0 aliphatic heterocycles. The van der Waals surface area contributed by atoms with Crippen LogP contribution >= 0.6 is 0 Å². The van der Waals surface area contributed by atoms with Crippen molar-refractivity contribution in [2.75, 3.05) is 12.3 Å². The fourth-order valence-electron chi connectivity index (χ4n) is 4.51. The fourth-order valence-corrected chi connectivity index (χ4v) is 4.51. The second-order valence-electron chi connectivity index (χ2n) is 8.39. The van der Waals surface area contributed by atoms with Crippen LogP contribution in [0.15, 0.2) is 85.5 Å². The van der Waals surface area contributed by atoms with Crippen molar-refractivity contribution in [3.8, 4) is 0 Å². The van der Waals surface area contributed by atoms with Crippen LogP contribution in [0.3, 0.4) is 0 Å². The van der Waals surface area contributed by atoms with E-state index in [2.05, 4.69) is 45.8 Å². The maximum absolute atomic E-state index is 6.41. The number of hydrogen-bond acceptors (Lipinski definition) is 6. The van der Waals surface area contributed by atoms with Gasteiger partial charge < -0.3 is 19.8 Å². The number of rotatable bonds is 8. The standard InChI is InChI=1S/C26H27N5O2/c1-18-22(31-17-30-23-25(27)28-16-29-26(23)31)12-21(15-32-13-19-8-4-2-5-9-19)24(18)33-14-20-10-6-3-7-11-20/h2-11,16-17,21-22,24H,1,12-15H2,(H2,27,28,29). The maximum atomic E-state index is 6.41. The van der Waals surface area contributed by atoms with Crippen molar-refractivity contribution in [3.05, 3.63) is 96.6 Å². The van der Waals surface area contributed by atoms with Crippen LogP contribution in [-0.4, -0.2) is 32.2 Å². The molecule has 168 valence electrons. The molecule has 2 heterocycles. The summed E-state index contributed by atoms with van der Waals surface area (Å²) in [6.45, 7) is 6.09. The number of nitrogen functional groups attached to an aromatic ring is 1. The van der Waals surface area contributed by atoms with Crippen molar-refractivity contribution in [1.29, 1.82) is 0 Å². The molecular formula is C26H27N5O2. The molecule has 1 aliphatic carbocycles. The molecule has 1 aliphatic rings. The summed E-state index contributed by atoms with van der Waals surface area (Å²) in [5.74, 6) is 0.536. The van der Waals surface area contributed by atoms with Gasteiger partial charge in [-0.1, -0.05) is 67.2 Å². The van der Waals surface area contributed by atoms with Gasteiger partial charge in [-0.2, -0.15) is 0 Å². The van der Waals surface area contributed by atoms with E-state index in [1.807, 2.05) is 41.0 Å². The highest BCUT2D eigenvalue weighted by atomic mass is 16.5. The lowest BCUT2D eigenvalue weighted by Gasteiger charge is -2.21. The molecule has 5 rings (SSSR count). The highest BCUT2D eigenvalue weighted by Gasteiger charge is 2.40. The number of benzene rings is 2. The van der Waals surface area contributed by atoms with Gasteiger partial charge in [-0.3, -0.25) is 0 Å². The zero-order valence-electron chi connectivity index (χ0n) is 18.4. The number of anilines is 1. The zero-order chi connectivity index (χ0) is 22.6. The third-order valence-electron chi connectivity index (χ3n) is 6.19. The molecule has 0 saturated heterocycles. The molecule has 1 fully saturated rings. The van der Waals surface area contributed by atoms with Crippen molar-refractivity contribution >= 4 is 17.0 Å². The smallest absolute Gasteiger partial charge is 0.165 e. The minimum atomic E-state index is -0.136. The molecule has 7 heteroatoms. The van der Waals surface area contributed by atoms with Crippen molar-refractivity contribution < 1.29 is 9.47 Å². The fraction of sp³-hybridized carbons (Fsp3) is 0.269. The summed E-state index contributed by atoms with van der Waals surface area (Å²) < 4.78 is 14.6. The van der Waals surface area contributed by atoms with Gasteiger partial charge in [0.2, 0.25) is 0 Å². The van der Waals surface area contributed by atoms with Gasteiger partial charge in [0, 0.05) is 5.92 Å². The molecule has 0 bridgehead atoms. The Balaban J connectivity index is 1.35. The molecule has 2 aromatic carbocycles. The van der Waals surface area contributed by atoms with E-state index in [-0.39, 0.29) is 18.1 Å². The summed E-state index contributed by atoms with van der Waals surface area (Å²) in [5.41, 5.74) is 10.6. The molecule has 1 saturated carbocycles. The van der Waals surface area contributed by atoms with E-state index in [0.29, 0.717) is 36.8 Å². The molecule has 3 unspecified atom stereocenters. The Morgan fingerprint density at radius 1 is 0.939 bits per heavy atom. The highest BCUT2D eigenvalue weighted by molar-refractivity contribution is 5.81. The average molecular weight is 442 g/mol. The Morgan fingerprint density at radius 3 is 2.36 bits per heavy atom. The first-order valence-electron chi connectivity index (χ1n) is 11.1. The van der Waals surface area contributed by atoms with Crippen LogP contribution in [0.5, 0.6) is 0 Å². The predicted molar refractivity (Wildman–Crippen MR) is 127 cm³/mol. The lowest BCUT2D eigenvalue weighted by molar-refractivity contribution is -0.00364. The molecule has 0 spiro atoms. The second kappa shape index (κ2) is 9.52. The molecule has 2 N–H and O–H groups in total. The summed E-state index contributed by atoms with van der Waals surface area (Å²) in [5, 5.41) is 0. The Morgan fingerprint density at radius 2 is 1.64 bits per heavy atom. The van der Waals surface area contributed by atoms with E-state index in [4.69, 9.17) is 15.2 Å². The predicted octanol–water partition coefficient (Wildman–Crippen LogP) is 4.33. The number of nitrogens with two attached hydrogens (primary N) is 1. The minimum Gasteiger partial charge on any atom is -0.382 e. The van der Waals surface area contributed by atoms with Crippen LogP contribution < -0.4 is 5.73 Å². The van der Waals surface area contributed by atoms with E-state index in [1.54, 1.807) is 6.33 Å². The van der Waals surface area contributed by atoms with Gasteiger partial charge in [0.05, 0.1) is 38.3 Å². The van der Waals surface area contributed by atoms with Gasteiger partial charge >= 0.3 is 0 Å². The van der Waals surface area contributed by atoms with E-state index in [1.165, 1.54) is 6.33 Å². The van der Waals surface area contributed by atoms with Gasteiger partial charge in [-0.15, -0.1) is 0 Å². The first-order valence-corrected chi connectivity index (χ1v) is 11.1. The van der Waals surface area contributed by atoms with Gasteiger partial charge in [0.25, 0.3) is 0 Å². The number of fused-ring (bicyclic) bond motifs is 1. The average Bonchev–Trinajstić information content (AvgIpc) is 3.41. The largest absolute Gasteiger partial charge is 0.382 e. The first kappa shape index (κ1) is 21.3. The number of hydrogen-bond donors (Lipinski definition) is 1. The van der Waals surface area contributed by atoms with Crippen molar-refractivity contribution in [1.82, 2.24) is 19.5 Å². The Labute approximate surface area is 192 Å². The van der Waals surface area contributed by atoms with E-state index < -0.39 is 0 Å². The second-order valence-corrected chi connectivity index (χ2v) is 8.39. The zero-order valence-corrected chi connectivity index (χ0v) is 18.4. The molecule has 3 atom stereocenters. The molecule has 33 heavy (non-hydrogen) atoms. The van der Waals surface area contributed by atoms with Crippen LogP contribution in [0.1, 0.15) is 23.6 Å². The number of nitrogens with zero attached hydrogens (tertiary/aromatic N) is 4. The lowest BCUT2D eigenvalue weighted by Crippen LogP contribution is -2.23. The summed E-state index contributed by atoms with van der Waals surface area (Å²) in [7, 11) is 0. The van der Waals surface area contributed by atoms with E-state index >= 15 is 0 Å². The Kier molecular flexibility index (Phi) is 6.15. The number of imidazole rings is 1. The molecule has 2 aromatic heterocycles. The normalized spacial score (nSPS) is 20.5. The molecule has 4 aromatic rings. The quantitative estimate of drug-likeness (QED) is 0.410. The maximum Gasteiger partial charge on any atom is 0.165 e. The van der Waals surface area contributed by atoms with Crippen LogP contribution in [0.25, 0.3) is 11.2 Å². The van der Waals surface area contributed by atoms with Crippen LogP contribution in [0, 0.1) is 5.92 Å². The molecule has 0 amide bonds. The van der Waals surface area contributed by atoms with Crippen molar-refractivity contribution in [2.24, 2.45) is 5.92 Å². The summed E-state index contributed by atoms with van der Waals surface area (Å²) >= 11 is 0. The number of ether oxygens (including phenoxy) is 2. The first-order chi connectivity index (χ1) is 16.2. The van der Waals surface area contributed by atoms with E-state index in [0.717, 1.165) is 23.1 Å². The SMILES string of the molecule is C=C1C(OCc2ccccc2)C(COCc2ccccc2)CC1n1cnc2c(N)ncnc21. The Bertz CT molecular complexity index is 1230. The minimum absolute atomic E-state index is 0.00426. The van der Waals surface area contributed by atoms with Gasteiger partial charge in [-0.05, 0) is 23.1 Å². The van der Waals surface area contributed by atoms with Crippen LogP contribution in [-0.2, 0) is 22.7 Å². The highest BCUT2D eigenvalue weighted by Crippen LogP contribution is 2.42. The third kappa shape index (κ3) is 4.51.